The average Bonchev–Trinajstić information content (AvgIpc) is 3.39. The lowest BCUT2D eigenvalue weighted by molar-refractivity contribution is 0.0719. The summed E-state index contributed by atoms with van der Waals surface area (Å²) in [5, 5.41) is 7.24. The Hall–Kier alpha value is -3.50. The highest BCUT2D eigenvalue weighted by Crippen LogP contribution is 2.35. The van der Waals surface area contributed by atoms with E-state index in [9.17, 15) is 9.59 Å². The Morgan fingerprint density at radius 1 is 1.28 bits per heavy atom. The fraction of sp³-hybridized carbons (Fsp3) is 0.364. The molecule has 0 radical (unpaired) electrons. The van der Waals surface area contributed by atoms with E-state index in [0.717, 1.165) is 11.3 Å². The molecule has 5 rings (SSSR count). The van der Waals surface area contributed by atoms with Gasteiger partial charge < -0.3 is 24.6 Å². The number of rotatable bonds is 6. The molecule has 10 heteroatoms. The third-order valence-electron chi connectivity index (χ3n) is 5.79. The summed E-state index contributed by atoms with van der Waals surface area (Å²) in [4.78, 5) is 34.2. The zero-order valence-corrected chi connectivity index (χ0v) is 17.8. The quantitative estimate of drug-likeness (QED) is 0.624. The summed E-state index contributed by atoms with van der Waals surface area (Å²) in [5.74, 6) is -0.315. The van der Waals surface area contributed by atoms with Crippen molar-refractivity contribution in [3.05, 3.63) is 53.5 Å². The third kappa shape index (κ3) is 3.67. The molecule has 2 aromatic heterocycles. The average molecular weight is 436 g/mol. The van der Waals surface area contributed by atoms with Crippen LogP contribution in [0, 0.1) is 0 Å². The van der Waals surface area contributed by atoms with Crippen LogP contribution in [0.15, 0.2) is 36.8 Å². The molecule has 1 aromatic carbocycles. The van der Waals surface area contributed by atoms with Gasteiger partial charge in [0.15, 0.2) is 5.65 Å². The molecule has 2 aliphatic heterocycles. The highest BCUT2D eigenvalue weighted by atomic mass is 16.5. The van der Waals surface area contributed by atoms with Crippen molar-refractivity contribution in [3.8, 4) is 0 Å². The van der Waals surface area contributed by atoms with Gasteiger partial charge in [-0.25, -0.2) is 9.50 Å². The Morgan fingerprint density at radius 3 is 2.94 bits per heavy atom. The van der Waals surface area contributed by atoms with Crippen molar-refractivity contribution in [3.63, 3.8) is 0 Å². The maximum atomic E-state index is 13.2. The normalized spacial score (nSPS) is 16.0. The summed E-state index contributed by atoms with van der Waals surface area (Å²) < 4.78 is 12.2. The number of amides is 2. The minimum absolute atomic E-state index is 0.0173. The number of benzene rings is 1. The number of methoxy groups -OCH3 is 1. The maximum Gasteiger partial charge on any atom is 0.261 e. The Kier molecular flexibility index (Phi) is 5.46. The molecule has 1 saturated heterocycles. The number of morpholine rings is 1. The molecule has 2 aliphatic rings. The minimum Gasteiger partial charge on any atom is -0.383 e. The lowest BCUT2D eigenvalue weighted by Crippen LogP contribution is -2.37. The Bertz CT molecular complexity index is 1170. The van der Waals surface area contributed by atoms with Gasteiger partial charge in [-0.2, -0.15) is 5.10 Å². The minimum atomic E-state index is -0.297. The molecule has 166 valence electrons. The van der Waals surface area contributed by atoms with E-state index in [1.165, 1.54) is 6.20 Å². The van der Waals surface area contributed by atoms with E-state index in [1.807, 2.05) is 12.1 Å². The van der Waals surface area contributed by atoms with Gasteiger partial charge in [0.05, 0.1) is 37.4 Å². The van der Waals surface area contributed by atoms with Crippen molar-refractivity contribution < 1.29 is 19.1 Å². The lowest BCUT2D eigenvalue weighted by Gasteiger charge is -2.31. The zero-order chi connectivity index (χ0) is 22.1. The lowest BCUT2D eigenvalue weighted by atomic mass is 10.1. The summed E-state index contributed by atoms with van der Waals surface area (Å²) in [6, 6.07) is 5.55. The third-order valence-corrected chi connectivity index (χ3v) is 5.79. The summed E-state index contributed by atoms with van der Waals surface area (Å²) in [6.45, 7) is 4.03. The van der Waals surface area contributed by atoms with Crippen molar-refractivity contribution in [1.29, 1.82) is 0 Å². The number of ether oxygens (including phenoxy) is 2. The topological polar surface area (TPSA) is 101 Å². The number of fused-ring (bicyclic) bond motifs is 2. The monoisotopic (exact) mass is 436 g/mol. The molecule has 0 unspecified atom stereocenters. The first-order valence-corrected chi connectivity index (χ1v) is 10.5. The number of carbonyl (C=O) groups excluding carboxylic acids is 2. The standard InChI is InChI=1S/C22H24N6O4/c1-31-8-5-27-14-15-11-18(19(12-16(15)22(27)30)26-6-9-32-10-7-26)25-21(29)17-13-24-28-4-2-3-23-20(17)28/h2-4,11-13H,5-10,14H2,1H3,(H,25,29). The Labute approximate surface area is 184 Å². The fourth-order valence-electron chi connectivity index (χ4n) is 4.14. The Balaban J connectivity index is 1.49. The van der Waals surface area contributed by atoms with Gasteiger partial charge in [-0.15, -0.1) is 0 Å². The molecule has 32 heavy (non-hydrogen) atoms. The molecular formula is C22H24N6O4. The first-order valence-electron chi connectivity index (χ1n) is 10.5. The highest BCUT2D eigenvalue weighted by Gasteiger charge is 2.30. The van der Waals surface area contributed by atoms with E-state index >= 15 is 0 Å². The van der Waals surface area contributed by atoms with E-state index in [1.54, 1.807) is 35.0 Å². The number of nitrogens with zero attached hydrogens (tertiary/aromatic N) is 5. The predicted molar refractivity (Wildman–Crippen MR) is 117 cm³/mol. The zero-order valence-electron chi connectivity index (χ0n) is 17.8. The van der Waals surface area contributed by atoms with E-state index in [2.05, 4.69) is 20.3 Å². The molecule has 2 amide bonds. The molecule has 0 bridgehead atoms. The van der Waals surface area contributed by atoms with E-state index in [0.29, 0.717) is 68.5 Å². The summed E-state index contributed by atoms with van der Waals surface area (Å²) in [5.41, 5.74) is 3.89. The summed E-state index contributed by atoms with van der Waals surface area (Å²) >= 11 is 0. The molecule has 0 saturated carbocycles. The summed E-state index contributed by atoms with van der Waals surface area (Å²) in [6.07, 6.45) is 4.88. The molecule has 3 aromatic rings. The number of aromatic nitrogens is 3. The number of carbonyl (C=O) groups is 2. The van der Waals surface area contributed by atoms with Gasteiger partial charge in [-0.05, 0) is 23.8 Å². The van der Waals surface area contributed by atoms with Crippen LogP contribution in [0.25, 0.3) is 5.65 Å². The van der Waals surface area contributed by atoms with E-state index in [4.69, 9.17) is 9.47 Å². The first-order chi connectivity index (χ1) is 15.7. The second-order valence-corrected chi connectivity index (χ2v) is 7.75. The number of hydrogen-bond acceptors (Lipinski definition) is 7. The van der Waals surface area contributed by atoms with Gasteiger partial charge in [0.25, 0.3) is 11.8 Å². The molecule has 0 aliphatic carbocycles. The second kappa shape index (κ2) is 8.56. The fourth-order valence-corrected chi connectivity index (χ4v) is 4.14. The van der Waals surface area contributed by atoms with Crippen molar-refractivity contribution in [2.75, 3.05) is 56.8 Å². The van der Waals surface area contributed by atoms with Crippen LogP contribution in [0.1, 0.15) is 26.3 Å². The van der Waals surface area contributed by atoms with Crippen LogP contribution in [0.2, 0.25) is 0 Å². The van der Waals surface area contributed by atoms with E-state index in [-0.39, 0.29) is 11.8 Å². The molecule has 10 nitrogen and oxygen atoms in total. The highest BCUT2D eigenvalue weighted by molar-refractivity contribution is 6.10. The molecule has 0 atom stereocenters. The van der Waals surface area contributed by atoms with Crippen LogP contribution in [-0.4, -0.2) is 77.9 Å². The molecular weight excluding hydrogens is 412 g/mol. The number of anilines is 2. The van der Waals surface area contributed by atoms with Crippen LogP contribution in [0.4, 0.5) is 11.4 Å². The van der Waals surface area contributed by atoms with Gasteiger partial charge in [-0.1, -0.05) is 0 Å². The molecule has 4 heterocycles. The van der Waals surface area contributed by atoms with Gasteiger partial charge in [-0.3, -0.25) is 9.59 Å². The molecule has 0 spiro atoms. The number of nitrogens with one attached hydrogen (secondary N) is 1. The molecule has 1 fully saturated rings. The maximum absolute atomic E-state index is 13.2. The van der Waals surface area contributed by atoms with Gasteiger partial charge >= 0.3 is 0 Å². The SMILES string of the molecule is COCCN1Cc2cc(NC(=O)c3cnn4cccnc34)c(N3CCOCC3)cc2C1=O. The van der Waals surface area contributed by atoms with Crippen LogP contribution < -0.4 is 10.2 Å². The van der Waals surface area contributed by atoms with Gasteiger partial charge in [0.1, 0.15) is 5.56 Å². The Morgan fingerprint density at radius 2 is 2.12 bits per heavy atom. The van der Waals surface area contributed by atoms with Crippen LogP contribution in [0.5, 0.6) is 0 Å². The van der Waals surface area contributed by atoms with Crippen molar-refractivity contribution >= 4 is 28.8 Å². The van der Waals surface area contributed by atoms with E-state index < -0.39 is 0 Å². The van der Waals surface area contributed by atoms with Crippen molar-refractivity contribution in [1.82, 2.24) is 19.5 Å². The summed E-state index contributed by atoms with van der Waals surface area (Å²) in [7, 11) is 1.62. The van der Waals surface area contributed by atoms with Crippen LogP contribution in [0.3, 0.4) is 0 Å². The van der Waals surface area contributed by atoms with Crippen LogP contribution in [-0.2, 0) is 16.0 Å². The second-order valence-electron chi connectivity index (χ2n) is 7.75. The smallest absolute Gasteiger partial charge is 0.261 e. The van der Waals surface area contributed by atoms with Crippen LogP contribution >= 0.6 is 0 Å². The van der Waals surface area contributed by atoms with Crippen molar-refractivity contribution in [2.45, 2.75) is 6.54 Å². The largest absolute Gasteiger partial charge is 0.383 e. The van der Waals surface area contributed by atoms with Gasteiger partial charge in [0.2, 0.25) is 0 Å². The first kappa shape index (κ1) is 20.4. The number of hydrogen-bond donors (Lipinski definition) is 1. The molecule has 1 N–H and O–H groups in total. The van der Waals surface area contributed by atoms with Gasteiger partial charge in [0, 0.05) is 51.2 Å². The predicted octanol–water partition coefficient (Wildman–Crippen LogP) is 1.42. The van der Waals surface area contributed by atoms with Crippen molar-refractivity contribution in [2.24, 2.45) is 0 Å².